The van der Waals surface area contributed by atoms with E-state index in [-0.39, 0.29) is 0 Å². The van der Waals surface area contributed by atoms with Crippen LogP contribution in [0.2, 0.25) is 0 Å². The van der Waals surface area contributed by atoms with Crippen LogP contribution in [-0.2, 0) is 12.8 Å². The molecule has 4 aromatic rings. The Morgan fingerprint density at radius 2 is 1.06 bits per heavy atom. The predicted molar refractivity (Wildman–Crippen MR) is 207 cm³/mol. The molecule has 0 amide bonds. The van der Waals surface area contributed by atoms with Gasteiger partial charge in [-0.3, -0.25) is 0 Å². The van der Waals surface area contributed by atoms with Crippen molar-refractivity contribution < 1.29 is 4.58 Å². The highest BCUT2D eigenvalue weighted by atomic mass is 15.1. The van der Waals surface area contributed by atoms with Gasteiger partial charge in [0.1, 0.15) is 7.05 Å². The lowest BCUT2D eigenvalue weighted by molar-refractivity contribution is -0.401. The normalized spacial score (nSPS) is 15.9. The second-order valence-electron chi connectivity index (χ2n) is 14.7. The minimum Gasteiger partial charge on any atom is -0.347 e. The Kier molecular flexibility index (Phi) is 8.18. The van der Waals surface area contributed by atoms with E-state index in [4.69, 9.17) is 0 Å². The van der Waals surface area contributed by atoms with Crippen molar-refractivity contribution in [2.24, 2.45) is 0 Å². The maximum Gasteiger partial charge on any atom is 0.212 e. The number of hydrogen-bond acceptors (Lipinski definition) is 1. The molecule has 2 nitrogen and oxygen atoms in total. The van der Waals surface area contributed by atoms with E-state index < -0.39 is 0 Å². The Balaban J connectivity index is 1.37. The summed E-state index contributed by atoms with van der Waals surface area (Å²) in [5.74, 6) is 0. The monoisotopic (exact) mass is 623 g/mol. The van der Waals surface area contributed by atoms with E-state index >= 15 is 0 Å². The van der Waals surface area contributed by atoms with Crippen molar-refractivity contribution in [3.63, 3.8) is 0 Å². The lowest BCUT2D eigenvalue weighted by Gasteiger charge is -2.23. The molecule has 0 bridgehead atoms. The highest BCUT2D eigenvalue weighted by molar-refractivity contribution is 6.06. The van der Waals surface area contributed by atoms with E-state index in [1.54, 1.807) is 0 Å². The van der Waals surface area contributed by atoms with Gasteiger partial charge < -0.3 is 4.90 Å². The summed E-state index contributed by atoms with van der Waals surface area (Å²) in [5.41, 5.74) is 27.1. The van der Waals surface area contributed by atoms with Crippen molar-refractivity contribution in [1.29, 1.82) is 0 Å². The zero-order valence-electron chi connectivity index (χ0n) is 31.8. The van der Waals surface area contributed by atoms with Gasteiger partial charge in [-0.15, -0.1) is 0 Å². The van der Waals surface area contributed by atoms with Gasteiger partial charge in [0.05, 0.1) is 6.42 Å². The van der Waals surface area contributed by atoms with Crippen LogP contribution in [0.4, 0.5) is 11.4 Å². The number of nitrogens with zero attached hydrogens (tertiary/aromatic N) is 2. The zero-order valence-corrected chi connectivity index (χ0v) is 31.8. The first-order chi connectivity index (χ1) is 22.1. The first-order valence-corrected chi connectivity index (χ1v) is 17.6. The first kappa shape index (κ1) is 33.0. The van der Waals surface area contributed by atoms with Crippen molar-refractivity contribution in [1.82, 2.24) is 0 Å². The fraction of sp³-hybridized carbons (Fsp3) is 0.400. The van der Waals surface area contributed by atoms with Crippen LogP contribution in [0, 0.1) is 83.1 Å². The van der Waals surface area contributed by atoms with Gasteiger partial charge in [0.25, 0.3) is 0 Å². The van der Waals surface area contributed by atoms with Gasteiger partial charge in [-0.2, -0.15) is 4.58 Å². The number of rotatable bonds is 4. The molecule has 4 aromatic carbocycles. The van der Waals surface area contributed by atoms with Crippen LogP contribution in [0.1, 0.15) is 91.2 Å². The van der Waals surface area contributed by atoms with E-state index in [2.05, 4.69) is 138 Å². The molecular formula is C45H55N2+. The molecule has 0 spiro atoms. The smallest absolute Gasteiger partial charge is 0.212 e. The third-order valence-electron chi connectivity index (χ3n) is 12.8. The summed E-state index contributed by atoms with van der Waals surface area (Å²) in [5, 5.41) is 5.90. The number of allylic oxidation sites excluding steroid dienone is 6. The van der Waals surface area contributed by atoms with Crippen molar-refractivity contribution in [3.8, 4) is 0 Å². The van der Waals surface area contributed by atoms with E-state index in [9.17, 15) is 0 Å². The van der Waals surface area contributed by atoms with E-state index in [0.717, 1.165) is 19.3 Å². The van der Waals surface area contributed by atoms with Crippen molar-refractivity contribution in [2.45, 2.75) is 109 Å². The molecule has 2 heteroatoms. The van der Waals surface area contributed by atoms with Crippen molar-refractivity contribution >= 4 is 38.6 Å². The van der Waals surface area contributed by atoms with Gasteiger partial charge in [-0.25, -0.2) is 0 Å². The minimum absolute atomic E-state index is 0.974. The SMILES string of the molecule is CCC(/C=C/C1=[N+](C)c2c(C)c(C)c3c(C)c(C)c(C)c(C)c3c2C1)=C\C=C1/Cc2c(c(C)c(C)c3c(C)c(C)c(C)c(C)c23)N1C. The van der Waals surface area contributed by atoms with Gasteiger partial charge in [0.15, 0.2) is 5.71 Å². The molecule has 6 rings (SSSR count). The molecule has 0 aromatic heterocycles. The number of benzene rings is 4. The van der Waals surface area contributed by atoms with E-state index in [1.165, 1.54) is 128 Å². The quantitative estimate of drug-likeness (QED) is 0.162. The van der Waals surface area contributed by atoms with Gasteiger partial charge in [-0.1, -0.05) is 19.1 Å². The topological polar surface area (TPSA) is 6.25 Å². The molecule has 0 radical (unpaired) electrons. The fourth-order valence-electron chi connectivity index (χ4n) is 8.91. The Morgan fingerprint density at radius 3 is 1.60 bits per heavy atom. The third-order valence-corrected chi connectivity index (χ3v) is 12.8. The lowest BCUT2D eigenvalue weighted by Crippen LogP contribution is -2.12. The Labute approximate surface area is 284 Å². The third kappa shape index (κ3) is 4.69. The molecule has 47 heavy (non-hydrogen) atoms. The number of hydrogen-bond donors (Lipinski definition) is 0. The number of fused-ring (bicyclic) bond motifs is 6. The maximum absolute atomic E-state index is 2.45. The molecule has 2 aliphatic heterocycles. The second-order valence-corrected chi connectivity index (χ2v) is 14.7. The van der Waals surface area contributed by atoms with Crippen LogP contribution in [0.3, 0.4) is 0 Å². The standard InChI is InChI=1S/C45H55N2/c1-16-35(17-19-36-21-38-42-29(8)25(4)23(2)27(6)40(42)31(10)33(12)44(38)46(36)14)18-20-37-22-39-43-30(9)26(5)24(3)28(7)41(43)32(11)34(13)45(39)47(37)15/h17-20H,16,21-22H2,1-15H3/q+1. The average Bonchev–Trinajstić information content (AvgIpc) is 3.55. The molecule has 2 aliphatic rings. The van der Waals surface area contributed by atoms with Crippen molar-refractivity contribution in [3.05, 3.63) is 113 Å². The summed E-state index contributed by atoms with van der Waals surface area (Å²) in [6.45, 7) is 30.0. The lowest BCUT2D eigenvalue weighted by atomic mass is 9.84. The molecule has 0 aliphatic carbocycles. The van der Waals surface area contributed by atoms with Crippen LogP contribution in [0.25, 0.3) is 21.5 Å². The molecule has 0 unspecified atom stereocenters. The van der Waals surface area contributed by atoms with Crippen LogP contribution in [0.5, 0.6) is 0 Å². The highest BCUT2D eigenvalue weighted by Crippen LogP contribution is 2.47. The van der Waals surface area contributed by atoms with E-state index in [1.807, 2.05) is 0 Å². The molecular weight excluding hydrogens is 569 g/mol. The Morgan fingerprint density at radius 1 is 0.596 bits per heavy atom. The van der Waals surface area contributed by atoms with E-state index in [0.29, 0.717) is 0 Å². The summed E-state index contributed by atoms with van der Waals surface area (Å²) in [6.07, 6.45) is 12.4. The molecule has 0 N–H and O–H groups in total. The minimum atomic E-state index is 0.974. The molecule has 0 atom stereocenters. The summed E-state index contributed by atoms with van der Waals surface area (Å²) in [6, 6.07) is 0. The number of aryl methyl sites for hydroxylation is 6. The van der Waals surface area contributed by atoms with Crippen LogP contribution >= 0.6 is 0 Å². The first-order valence-electron chi connectivity index (χ1n) is 17.6. The van der Waals surface area contributed by atoms with Crippen molar-refractivity contribution in [2.75, 3.05) is 19.0 Å². The molecule has 0 fully saturated rings. The van der Waals surface area contributed by atoms with Gasteiger partial charge in [0, 0.05) is 42.1 Å². The van der Waals surface area contributed by atoms with Crippen LogP contribution < -0.4 is 4.90 Å². The molecule has 0 saturated heterocycles. The van der Waals surface area contributed by atoms with Gasteiger partial charge >= 0.3 is 0 Å². The van der Waals surface area contributed by atoms with Crippen LogP contribution in [-0.4, -0.2) is 24.4 Å². The predicted octanol–water partition coefficient (Wildman–Crippen LogP) is 11.4. The highest BCUT2D eigenvalue weighted by Gasteiger charge is 2.33. The summed E-state index contributed by atoms with van der Waals surface area (Å²) >= 11 is 0. The number of likely N-dealkylation sites (N-methyl/N-ethyl adjacent to an activating group) is 1. The largest absolute Gasteiger partial charge is 0.347 e. The molecule has 244 valence electrons. The number of anilines is 1. The molecule has 2 heterocycles. The summed E-state index contributed by atoms with van der Waals surface area (Å²) in [4.78, 5) is 2.45. The zero-order chi connectivity index (χ0) is 34.4. The second kappa shape index (κ2) is 11.7. The Hall–Kier alpha value is -3.91. The van der Waals surface area contributed by atoms with Gasteiger partial charge in [0.2, 0.25) is 5.69 Å². The average molecular weight is 624 g/mol. The maximum atomic E-state index is 2.45. The molecule has 0 saturated carbocycles. The fourth-order valence-corrected chi connectivity index (χ4v) is 8.91. The summed E-state index contributed by atoms with van der Waals surface area (Å²) in [7, 11) is 4.52. The Bertz CT molecular complexity index is 2190. The summed E-state index contributed by atoms with van der Waals surface area (Å²) < 4.78 is 2.45. The van der Waals surface area contributed by atoms with Crippen LogP contribution in [0.15, 0.2) is 35.6 Å². The van der Waals surface area contributed by atoms with Gasteiger partial charge in [-0.05, 0) is 189 Å².